The monoisotopic (exact) mass is 195 g/mol. The van der Waals surface area contributed by atoms with Crippen LogP contribution in [0.15, 0.2) is 0 Å². The number of carbonyl (C=O) groups excluding carboxylic acids is 1. The van der Waals surface area contributed by atoms with Gasteiger partial charge in [-0.2, -0.15) is 0 Å². The van der Waals surface area contributed by atoms with Crippen LogP contribution in [0, 0.1) is 6.33 Å². The molecule has 0 aliphatic rings. The SMILES string of the molecule is [B]C(=O)c1n[c-][nH]n1.[Y]. The molecule has 1 heterocycles. The van der Waals surface area contributed by atoms with Gasteiger partial charge < -0.3 is 14.9 Å². The number of hydrogen-bond donors (Lipinski definition) is 1. The second-order valence-corrected chi connectivity index (χ2v) is 1.14. The van der Waals surface area contributed by atoms with E-state index in [9.17, 15) is 4.79 Å². The first-order chi connectivity index (χ1) is 3.80. The Morgan fingerprint density at radius 2 is 2.44 bits per heavy atom. The van der Waals surface area contributed by atoms with Crippen molar-refractivity contribution in [2.24, 2.45) is 0 Å². The minimum absolute atomic E-state index is 0. The van der Waals surface area contributed by atoms with Crippen LogP contribution in [-0.2, 0) is 32.7 Å². The van der Waals surface area contributed by atoms with Crippen LogP contribution in [0.3, 0.4) is 0 Å². The van der Waals surface area contributed by atoms with Gasteiger partial charge in [0.25, 0.3) is 0 Å². The molecule has 6 heteroatoms. The smallest absolute Gasteiger partial charge is 0.151 e. The summed E-state index contributed by atoms with van der Waals surface area (Å²) >= 11 is 0. The Labute approximate surface area is 78.1 Å². The Balaban J connectivity index is 0.000000640. The molecule has 4 nitrogen and oxygen atoms in total. The quantitative estimate of drug-likeness (QED) is 0.457. The number of aromatic amines is 1. The molecule has 3 radical (unpaired) electrons. The molecule has 1 aromatic heterocycles. The van der Waals surface area contributed by atoms with Crippen molar-refractivity contribution < 1.29 is 37.5 Å². The maximum atomic E-state index is 10.1. The Kier molecular flexibility index (Phi) is 3.89. The number of H-pyrrole nitrogens is 1. The predicted molar refractivity (Wildman–Crippen MR) is 25.3 cm³/mol. The maximum absolute atomic E-state index is 10.1. The molecular formula is C3HBN3OY-. The van der Waals surface area contributed by atoms with Crippen molar-refractivity contribution in [1.29, 1.82) is 0 Å². The van der Waals surface area contributed by atoms with Gasteiger partial charge in [0, 0.05) is 38.5 Å². The zero-order valence-electron chi connectivity index (χ0n) is 4.46. The summed E-state index contributed by atoms with van der Waals surface area (Å²) in [4.78, 5) is 13.5. The van der Waals surface area contributed by atoms with Gasteiger partial charge in [-0.25, -0.2) is 0 Å². The number of aromatic nitrogens is 3. The number of rotatable bonds is 1. The minimum atomic E-state index is -0.650. The van der Waals surface area contributed by atoms with Crippen molar-refractivity contribution >= 4 is 13.5 Å². The third-order valence-corrected chi connectivity index (χ3v) is 0.594. The van der Waals surface area contributed by atoms with Crippen LogP contribution in [0.25, 0.3) is 0 Å². The van der Waals surface area contributed by atoms with Crippen LogP contribution in [0.4, 0.5) is 0 Å². The molecule has 0 saturated heterocycles. The Morgan fingerprint density at radius 1 is 1.78 bits per heavy atom. The molecule has 41 valence electrons. The second-order valence-electron chi connectivity index (χ2n) is 1.14. The van der Waals surface area contributed by atoms with Crippen molar-refractivity contribution in [3.8, 4) is 0 Å². The summed E-state index contributed by atoms with van der Waals surface area (Å²) in [5.74, 6) is -0.0370. The van der Waals surface area contributed by atoms with Crippen LogP contribution in [0.2, 0.25) is 0 Å². The van der Waals surface area contributed by atoms with Crippen LogP contribution in [0.1, 0.15) is 10.6 Å². The molecule has 0 unspecified atom stereocenters. The van der Waals surface area contributed by atoms with Crippen molar-refractivity contribution in [1.82, 2.24) is 15.2 Å². The summed E-state index contributed by atoms with van der Waals surface area (Å²) in [5.41, 5.74) is -0.650. The van der Waals surface area contributed by atoms with E-state index < -0.39 is 5.68 Å². The van der Waals surface area contributed by atoms with Crippen LogP contribution in [0.5, 0.6) is 0 Å². The molecule has 0 aliphatic carbocycles. The predicted octanol–water partition coefficient (Wildman–Crippen LogP) is -1.09. The molecule has 1 aromatic rings. The maximum Gasteiger partial charge on any atom is 0.151 e. The topological polar surface area (TPSA) is 58.6 Å². The fourth-order valence-electron chi connectivity index (χ4n) is 0.291. The first kappa shape index (κ1) is 8.98. The molecule has 0 bridgehead atoms. The van der Waals surface area contributed by atoms with Crippen molar-refractivity contribution in [3.63, 3.8) is 0 Å². The number of hydrogen-bond acceptors (Lipinski definition) is 3. The van der Waals surface area contributed by atoms with Crippen molar-refractivity contribution in [3.05, 3.63) is 12.2 Å². The number of nitrogens with zero attached hydrogens (tertiary/aromatic N) is 2. The zero-order valence-corrected chi connectivity index (χ0v) is 7.30. The van der Waals surface area contributed by atoms with Gasteiger partial charge in [0.2, 0.25) is 0 Å². The first-order valence-electron chi connectivity index (χ1n) is 1.89. The first-order valence-corrected chi connectivity index (χ1v) is 1.89. The summed E-state index contributed by atoms with van der Waals surface area (Å²) in [6, 6.07) is 0. The molecule has 1 rings (SSSR count). The Hall–Kier alpha value is -0.0212. The van der Waals surface area contributed by atoms with E-state index in [1.54, 1.807) is 0 Å². The normalized spacial score (nSPS) is 8.00. The van der Waals surface area contributed by atoms with Crippen LogP contribution in [-0.4, -0.2) is 28.7 Å². The van der Waals surface area contributed by atoms with Gasteiger partial charge in [0.15, 0.2) is 7.85 Å². The average Bonchev–Trinajstić information content (AvgIpc) is 2.12. The van der Waals surface area contributed by atoms with E-state index in [0.29, 0.717) is 0 Å². The van der Waals surface area contributed by atoms with Gasteiger partial charge in [0.05, 0.1) is 5.68 Å². The van der Waals surface area contributed by atoms with E-state index >= 15 is 0 Å². The fraction of sp³-hybridized carbons (Fsp3) is 0. The molecule has 0 aromatic carbocycles. The number of nitrogens with one attached hydrogen (secondary N) is 1. The van der Waals surface area contributed by atoms with Crippen LogP contribution >= 0.6 is 0 Å². The van der Waals surface area contributed by atoms with Gasteiger partial charge in [-0.15, -0.1) is 0 Å². The third-order valence-electron chi connectivity index (χ3n) is 0.594. The molecule has 9 heavy (non-hydrogen) atoms. The van der Waals surface area contributed by atoms with E-state index in [-0.39, 0.29) is 38.5 Å². The van der Waals surface area contributed by atoms with E-state index in [4.69, 9.17) is 7.85 Å². The second kappa shape index (κ2) is 3.90. The molecule has 0 saturated carbocycles. The Morgan fingerprint density at radius 3 is 2.67 bits per heavy atom. The van der Waals surface area contributed by atoms with E-state index in [0.717, 1.165) is 0 Å². The average molecular weight is 195 g/mol. The third kappa shape index (κ3) is 2.37. The summed E-state index contributed by atoms with van der Waals surface area (Å²) in [6.07, 6.45) is 2.22. The summed E-state index contributed by atoms with van der Waals surface area (Å²) in [6.45, 7) is 0. The van der Waals surface area contributed by atoms with Gasteiger partial charge in [-0.3, -0.25) is 5.10 Å². The van der Waals surface area contributed by atoms with Crippen molar-refractivity contribution in [2.45, 2.75) is 0 Å². The summed E-state index contributed by atoms with van der Waals surface area (Å²) in [7, 11) is 4.75. The molecule has 0 atom stereocenters. The van der Waals surface area contributed by atoms with E-state index in [1.165, 1.54) is 0 Å². The number of carbonyl (C=O) groups is 1. The van der Waals surface area contributed by atoms with E-state index in [2.05, 4.69) is 21.5 Å². The van der Waals surface area contributed by atoms with Gasteiger partial charge in [-0.05, 0) is 0 Å². The largest absolute Gasteiger partial charge is 0.413 e. The molecule has 1 N–H and O–H groups in total. The minimum Gasteiger partial charge on any atom is -0.413 e. The molecular weight excluding hydrogens is 194 g/mol. The summed E-state index contributed by atoms with van der Waals surface area (Å²) in [5, 5.41) is 5.57. The van der Waals surface area contributed by atoms with Gasteiger partial charge >= 0.3 is 0 Å². The molecule has 0 fully saturated rings. The fourth-order valence-corrected chi connectivity index (χ4v) is 0.291. The standard InChI is InChI=1S/C3HBN3O.Y/c4-2(8)3-5-1-6-7-3;/h(H,5,6,7);/q-1;. The van der Waals surface area contributed by atoms with Crippen LogP contribution < -0.4 is 0 Å². The molecule has 0 spiro atoms. The molecule has 0 aliphatic heterocycles. The zero-order chi connectivity index (χ0) is 5.98. The molecule has 0 amide bonds. The van der Waals surface area contributed by atoms with Gasteiger partial charge in [0.1, 0.15) is 0 Å². The summed E-state index contributed by atoms with van der Waals surface area (Å²) < 4.78 is 0. The van der Waals surface area contributed by atoms with Gasteiger partial charge in [-0.1, -0.05) is 6.33 Å². The van der Waals surface area contributed by atoms with Crippen molar-refractivity contribution in [2.75, 3.05) is 0 Å². The Bertz CT molecular complexity index is 187. The van der Waals surface area contributed by atoms with E-state index in [1.807, 2.05) is 0 Å².